The average Bonchev–Trinajstić information content (AvgIpc) is 2.65. The summed E-state index contributed by atoms with van der Waals surface area (Å²) in [7, 11) is 0. The molecule has 0 bridgehead atoms. The van der Waals surface area contributed by atoms with Crippen molar-refractivity contribution in [3.8, 4) is 0 Å². The first-order chi connectivity index (χ1) is 7.26. The third-order valence-corrected chi connectivity index (χ3v) is 3.95. The molecule has 0 amide bonds. The van der Waals surface area contributed by atoms with Crippen molar-refractivity contribution >= 4 is 21.6 Å². The molecule has 15 heavy (non-hydrogen) atoms. The maximum atomic E-state index is 11.5. The first-order valence-electron chi connectivity index (χ1n) is 5.23. The highest BCUT2D eigenvalue weighted by molar-refractivity contribution is 7.18. The second-order valence-electron chi connectivity index (χ2n) is 3.61. The van der Waals surface area contributed by atoms with E-state index in [-0.39, 0.29) is 5.56 Å². The topological polar surface area (TPSA) is 45.8 Å². The van der Waals surface area contributed by atoms with Crippen LogP contribution in [0.5, 0.6) is 0 Å². The van der Waals surface area contributed by atoms with Crippen LogP contribution in [0.1, 0.15) is 37.5 Å². The molecule has 0 aliphatic heterocycles. The summed E-state index contributed by atoms with van der Waals surface area (Å²) in [5.74, 6) is 0.559. The van der Waals surface area contributed by atoms with Gasteiger partial charge in [-0.2, -0.15) is 0 Å². The predicted octanol–water partition coefficient (Wildman–Crippen LogP) is 2.89. The highest BCUT2D eigenvalue weighted by Crippen LogP contribution is 2.31. The zero-order chi connectivity index (χ0) is 10.8. The van der Waals surface area contributed by atoms with E-state index in [2.05, 4.69) is 23.8 Å². The van der Waals surface area contributed by atoms with Gasteiger partial charge in [0.1, 0.15) is 4.83 Å². The Morgan fingerprint density at radius 2 is 2.20 bits per heavy atom. The number of aromatic nitrogens is 2. The summed E-state index contributed by atoms with van der Waals surface area (Å²) in [6.07, 6.45) is 3.69. The fraction of sp³-hybridized carbons (Fsp3) is 0.455. The standard InChI is InChI=1S/C11H14N2OS/c1-3-7(4-2)9-5-8-10(14)12-6-13-11(8)15-9/h5-7H,3-4H2,1-2H3,(H,12,13,14). The van der Waals surface area contributed by atoms with Gasteiger partial charge < -0.3 is 4.98 Å². The van der Waals surface area contributed by atoms with Crippen molar-refractivity contribution in [2.24, 2.45) is 0 Å². The minimum Gasteiger partial charge on any atom is -0.313 e. The highest BCUT2D eigenvalue weighted by Gasteiger charge is 2.12. The van der Waals surface area contributed by atoms with Crippen LogP contribution in [-0.4, -0.2) is 9.97 Å². The molecule has 0 aliphatic carbocycles. The quantitative estimate of drug-likeness (QED) is 0.868. The Morgan fingerprint density at radius 1 is 1.47 bits per heavy atom. The zero-order valence-electron chi connectivity index (χ0n) is 8.91. The van der Waals surface area contributed by atoms with E-state index in [1.54, 1.807) is 11.3 Å². The van der Waals surface area contributed by atoms with Crippen molar-refractivity contribution in [1.82, 2.24) is 9.97 Å². The van der Waals surface area contributed by atoms with E-state index in [1.807, 2.05) is 6.07 Å². The van der Waals surface area contributed by atoms with Crippen LogP contribution in [-0.2, 0) is 0 Å². The Bertz CT molecular complexity index is 511. The number of fused-ring (bicyclic) bond motifs is 1. The number of rotatable bonds is 3. The van der Waals surface area contributed by atoms with E-state index in [9.17, 15) is 4.79 Å². The lowest BCUT2D eigenvalue weighted by Crippen LogP contribution is -2.03. The van der Waals surface area contributed by atoms with E-state index in [0.717, 1.165) is 23.1 Å². The molecule has 80 valence electrons. The molecule has 3 nitrogen and oxygen atoms in total. The van der Waals surface area contributed by atoms with Gasteiger partial charge >= 0.3 is 0 Å². The van der Waals surface area contributed by atoms with Gasteiger partial charge in [0, 0.05) is 4.88 Å². The van der Waals surface area contributed by atoms with Gasteiger partial charge in [0.2, 0.25) is 0 Å². The third kappa shape index (κ3) is 1.81. The molecule has 0 radical (unpaired) electrons. The molecule has 0 spiro atoms. The van der Waals surface area contributed by atoms with Crippen LogP contribution in [0.25, 0.3) is 10.2 Å². The van der Waals surface area contributed by atoms with Crippen LogP contribution in [0.4, 0.5) is 0 Å². The van der Waals surface area contributed by atoms with Crippen LogP contribution in [0, 0.1) is 0 Å². The van der Waals surface area contributed by atoms with Crippen LogP contribution in [0.2, 0.25) is 0 Å². The summed E-state index contributed by atoms with van der Waals surface area (Å²) in [6, 6.07) is 1.99. The molecule has 0 unspecified atom stereocenters. The van der Waals surface area contributed by atoms with Crippen molar-refractivity contribution in [2.75, 3.05) is 0 Å². The lowest BCUT2D eigenvalue weighted by molar-refractivity contribution is 0.653. The molecule has 2 heterocycles. The fourth-order valence-electron chi connectivity index (χ4n) is 1.78. The molecule has 0 saturated carbocycles. The van der Waals surface area contributed by atoms with Gasteiger partial charge in [0.05, 0.1) is 11.7 Å². The molecule has 0 saturated heterocycles. The van der Waals surface area contributed by atoms with Gasteiger partial charge in [-0.25, -0.2) is 4.98 Å². The van der Waals surface area contributed by atoms with Crippen molar-refractivity contribution in [3.63, 3.8) is 0 Å². The molecular weight excluding hydrogens is 208 g/mol. The van der Waals surface area contributed by atoms with Gasteiger partial charge in [-0.15, -0.1) is 11.3 Å². The summed E-state index contributed by atoms with van der Waals surface area (Å²) >= 11 is 1.64. The Balaban J connectivity index is 2.56. The van der Waals surface area contributed by atoms with Gasteiger partial charge in [0.15, 0.2) is 0 Å². The summed E-state index contributed by atoms with van der Waals surface area (Å²) in [4.78, 5) is 20.4. The third-order valence-electron chi connectivity index (χ3n) is 2.74. The number of hydrogen-bond donors (Lipinski definition) is 1. The summed E-state index contributed by atoms with van der Waals surface area (Å²) in [5, 5.41) is 0.726. The number of H-pyrrole nitrogens is 1. The van der Waals surface area contributed by atoms with Gasteiger partial charge in [-0.05, 0) is 24.8 Å². The highest BCUT2D eigenvalue weighted by atomic mass is 32.1. The maximum Gasteiger partial charge on any atom is 0.259 e. The van der Waals surface area contributed by atoms with Crippen LogP contribution >= 0.6 is 11.3 Å². The number of aromatic amines is 1. The maximum absolute atomic E-state index is 11.5. The summed E-state index contributed by atoms with van der Waals surface area (Å²) in [5.41, 5.74) is -0.0338. The monoisotopic (exact) mass is 222 g/mol. The molecule has 0 aromatic carbocycles. The lowest BCUT2D eigenvalue weighted by Gasteiger charge is -2.07. The second-order valence-corrected chi connectivity index (χ2v) is 4.67. The van der Waals surface area contributed by atoms with E-state index < -0.39 is 0 Å². The molecule has 1 N–H and O–H groups in total. The fourth-order valence-corrected chi connectivity index (χ4v) is 3.05. The number of nitrogens with one attached hydrogen (secondary N) is 1. The smallest absolute Gasteiger partial charge is 0.259 e. The largest absolute Gasteiger partial charge is 0.313 e. The molecule has 2 rings (SSSR count). The average molecular weight is 222 g/mol. The minimum atomic E-state index is -0.0338. The van der Waals surface area contributed by atoms with E-state index >= 15 is 0 Å². The predicted molar refractivity (Wildman–Crippen MR) is 63.6 cm³/mol. The molecule has 0 atom stereocenters. The molecule has 0 fully saturated rings. The number of hydrogen-bond acceptors (Lipinski definition) is 3. The SMILES string of the molecule is CCC(CC)c1cc2c(=O)[nH]cnc2s1. The molecule has 2 aromatic rings. The van der Waals surface area contributed by atoms with E-state index in [4.69, 9.17) is 0 Å². The molecule has 0 aliphatic rings. The molecule has 2 aromatic heterocycles. The van der Waals surface area contributed by atoms with Crippen LogP contribution in [0.3, 0.4) is 0 Å². The van der Waals surface area contributed by atoms with Crippen molar-refractivity contribution in [2.45, 2.75) is 32.6 Å². The van der Waals surface area contributed by atoms with E-state index in [1.165, 1.54) is 11.2 Å². The number of nitrogens with zero attached hydrogens (tertiary/aromatic N) is 1. The van der Waals surface area contributed by atoms with Gasteiger partial charge in [-0.3, -0.25) is 4.79 Å². The molecule has 4 heteroatoms. The van der Waals surface area contributed by atoms with E-state index in [0.29, 0.717) is 5.92 Å². The summed E-state index contributed by atoms with van der Waals surface area (Å²) < 4.78 is 0. The van der Waals surface area contributed by atoms with Crippen molar-refractivity contribution in [3.05, 3.63) is 27.6 Å². The number of thiophene rings is 1. The summed E-state index contributed by atoms with van der Waals surface area (Å²) in [6.45, 7) is 4.35. The van der Waals surface area contributed by atoms with Gasteiger partial charge in [-0.1, -0.05) is 13.8 Å². The van der Waals surface area contributed by atoms with Crippen LogP contribution < -0.4 is 5.56 Å². The molecular formula is C11H14N2OS. The van der Waals surface area contributed by atoms with Crippen molar-refractivity contribution in [1.29, 1.82) is 0 Å². The first-order valence-corrected chi connectivity index (χ1v) is 6.05. The second kappa shape index (κ2) is 4.14. The Kier molecular flexibility index (Phi) is 2.86. The lowest BCUT2D eigenvalue weighted by atomic mass is 10.0. The Morgan fingerprint density at radius 3 is 2.80 bits per heavy atom. The first kappa shape index (κ1) is 10.4. The van der Waals surface area contributed by atoms with Crippen LogP contribution in [0.15, 0.2) is 17.2 Å². The zero-order valence-corrected chi connectivity index (χ0v) is 9.73. The normalized spacial score (nSPS) is 11.4. The Labute approximate surface area is 92.2 Å². The Hall–Kier alpha value is -1.16. The van der Waals surface area contributed by atoms with Crippen molar-refractivity contribution < 1.29 is 0 Å². The minimum absolute atomic E-state index is 0.0338. The van der Waals surface area contributed by atoms with Gasteiger partial charge in [0.25, 0.3) is 5.56 Å².